The summed E-state index contributed by atoms with van der Waals surface area (Å²) in [5.41, 5.74) is 0.849. The number of alkyl halides is 1. The molecular formula is C11H10Br2ClNO. The van der Waals surface area contributed by atoms with Crippen LogP contribution in [0.15, 0.2) is 22.7 Å². The smallest absolute Gasteiger partial charge is 0.240 e. The Morgan fingerprint density at radius 1 is 1.44 bits per heavy atom. The van der Waals surface area contributed by atoms with E-state index in [4.69, 9.17) is 11.6 Å². The van der Waals surface area contributed by atoms with Gasteiger partial charge in [0.25, 0.3) is 0 Å². The van der Waals surface area contributed by atoms with Gasteiger partial charge in [-0.1, -0.05) is 33.6 Å². The Morgan fingerprint density at radius 2 is 2.19 bits per heavy atom. The summed E-state index contributed by atoms with van der Waals surface area (Å²) in [5, 5.41) is 0.627. The second-order valence-corrected chi connectivity index (χ2v) is 5.98. The van der Waals surface area contributed by atoms with Crippen LogP contribution in [0.3, 0.4) is 0 Å². The van der Waals surface area contributed by atoms with Crippen LogP contribution in [0.5, 0.6) is 0 Å². The summed E-state index contributed by atoms with van der Waals surface area (Å²) in [6.45, 7) is 0.750. The Kier molecular flexibility index (Phi) is 3.93. The number of rotatable bonds is 1. The van der Waals surface area contributed by atoms with Crippen molar-refractivity contribution in [3.8, 4) is 0 Å². The minimum absolute atomic E-state index is 0.0767. The number of hydrogen-bond donors (Lipinski definition) is 0. The predicted octanol–water partition coefficient (Wildman–Crippen LogP) is 3.99. The molecule has 2 rings (SSSR count). The quantitative estimate of drug-likeness (QED) is 0.687. The van der Waals surface area contributed by atoms with Crippen molar-refractivity contribution in [2.75, 3.05) is 11.4 Å². The van der Waals surface area contributed by atoms with E-state index in [-0.39, 0.29) is 10.7 Å². The minimum atomic E-state index is -0.0767. The lowest BCUT2D eigenvalue weighted by atomic mass is 10.1. The molecule has 1 fully saturated rings. The van der Waals surface area contributed by atoms with Crippen molar-refractivity contribution in [3.05, 3.63) is 27.7 Å². The van der Waals surface area contributed by atoms with E-state index in [2.05, 4.69) is 31.9 Å². The van der Waals surface area contributed by atoms with Gasteiger partial charge in [0.05, 0.1) is 20.0 Å². The minimum Gasteiger partial charge on any atom is -0.310 e. The van der Waals surface area contributed by atoms with Gasteiger partial charge in [-0.3, -0.25) is 4.79 Å². The molecule has 0 aliphatic carbocycles. The Hall–Kier alpha value is -0.0600. The number of piperidine rings is 1. The molecule has 1 heterocycles. The van der Waals surface area contributed by atoms with Gasteiger partial charge in [-0.25, -0.2) is 0 Å². The van der Waals surface area contributed by atoms with Crippen molar-refractivity contribution < 1.29 is 4.79 Å². The molecule has 16 heavy (non-hydrogen) atoms. The Morgan fingerprint density at radius 3 is 2.94 bits per heavy atom. The van der Waals surface area contributed by atoms with E-state index in [0.717, 1.165) is 29.5 Å². The van der Waals surface area contributed by atoms with Crippen LogP contribution in [0.2, 0.25) is 5.02 Å². The first kappa shape index (κ1) is 12.4. The molecule has 1 aliphatic rings. The molecule has 2 nitrogen and oxygen atoms in total. The summed E-state index contributed by atoms with van der Waals surface area (Å²) in [6, 6.07) is 5.56. The van der Waals surface area contributed by atoms with E-state index < -0.39 is 0 Å². The first-order valence-electron chi connectivity index (χ1n) is 5.00. The highest BCUT2D eigenvalue weighted by atomic mass is 79.9. The molecule has 1 aliphatic heterocycles. The fourth-order valence-corrected chi connectivity index (χ4v) is 2.99. The molecule has 0 aromatic heterocycles. The zero-order chi connectivity index (χ0) is 11.7. The third-order valence-electron chi connectivity index (χ3n) is 2.60. The average Bonchev–Trinajstić information content (AvgIpc) is 2.27. The molecule has 1 saturated heterocycles. The maximum absolute atomic E-state index is 12.0. The fraction of sp³-hybridized carbons (Fsp3) is 0.364. The number of nitrogens with zero attached hydrogens (tertiary/aromatic N) is 1. The molecule has 1 aromatic carbocycles. The summed E-state index contributed by atoms with van der Waals surface area (Å²) in [6.07, 6.45) is 1.90. The van der Waals surface area contributed by atoms with Crippen molar-refractivity contribution in [1.82, 2.24) is 0 Å². The van der Waals surface area contributed by atoms with Crippen LogP contribution < -0.4 is 4.90 Å². The second-order valence-electron chi connectivity index (χ2n) is 3.67. The first-order chi connectivity index (χ1) is 7.61. The van der Waals surface area contributed by atoms with E-state index >= 15 is 0 Å². The molecule has 0 N–H and O–H groups in total. The Bertz CT molecular complexity index is 424. The van der Waals surface area contributed by atoms with E-state index in [9.17, 15) is 4.79 Å². The largest absolute Gasteiger partial charge is 0.310 e. The molecule has 0 radical (unpaired) electrons. The third-order valence-corrected chi connectivity index (χ3v) is 4.82. The third kappa shape index (κ3) is 2.29. The van der Waals surface area contributed by atoms with Crippen LogP contribution in [0.1, 0.15) is 12.8 Å². The maximum Gasteiger partial charge on any atom is 0.240 e. The summed E-state index contributed by atoms with van der Waals surface area (Å²) in [5.74, 6) is 0.106. The summed E-state index contributed by atoms with van der Waals surface area (Å²) < 4.78 is 0.784. The highest BCUT2D eigenvalue weighted by Crippen LogP contribution is 2.35. The number of hydrogen-bond acceptors (Lipinski definition) is 1. The van der Waals surface area contributed by atoms with Crippen LogP contribution in [0.25, 0.3) is 0 Å². The molecule has 0 bridgehead atoms. The molecule has 5 heteroatoms. The van der Waals surface area contributed by atoms with Crippen LogP contribution in [-0.4, -0.2) is 17.3 Å². The molecule has 0 spiro atoms. The van der Waals surface area contributed by atoms with Crippen molar-refractivity contribution in [1.29, 1.82) is 0 Å². The van der Waals surface area contributed by atoms with Gasteiger partial charge in [-0.2, -0.15) is 0 Å². The number of carbonyl (C=O) groups is 1. The van der Waals surface area contributed by atoms with E-state index in [1.807, 2.05) is 12.1 Å². The monoisotopic (exact) mass is 365 g/mol. The zero-order valence-electron chi connectivity index (χ0n) is 8.42. The molecule has 1 aromatic rings. The lowest BCUT2D eigenvalue weighted by Gasteiger charge is -2.30. The predicted molar refractivity (Wildman–Crippen MR) is 73.5 cm³/mol. The summed E-state index contributed by atoms with van der Waals surface area (Å²) in [7, 11) is 0. The maximum atomic E-state index is 12.0. The van der Waals surface area contributed by atoms with E-state index in [1.54, 1.807) is 11.0 Å². The van der Waals surface area contributed by atoms with Gasteiger partial charge in [0.15, 0.2) is 0 Å². The number of halogens is 3. The highest BCUT2D eigenvalue weighted by Gasteiger charge is 2.28. The lowest BCUT2D eigenvalue weighted by molar-refractivity contribution is -0.118. The van der Waals surface area contributed by atoms with Gasteiger partial charge in [-0.05, 0) is 40.9 Å². The number of amides is 1. The zero-order valence-corrected chi connectivity index (χ0v) is 12.3. The fourth-order valence-electron chi connectivity index (χ4n) is 1.77. The van der Waals surface area contributed by atoms with E-state index in [0.29, 0.717) is 5.02 Å². The number of benzene rings is 1. The van der Waals surface area contributed by atoms with E-state index in [1.165, 1.54) is 0 Å². The number of carbonyl (C=O) groups excluding carboxylic acids is 1. The normalized spacial score (nSPS) is 21.3. The molecule has 86 valence electrons. The van der Waals surface area contributed by atoms with Gasteiger partial charge in [0.1, 0.15) is 0 Å². The van der Waals surface area contributed by atoms with Crippen LogP contribution in [0.4, 0.5) is 5.69 Å². The molecule has 1 amide bonds. The van der Waals surface area contributed by atoms with Crippen molar-refractivity contribution >= 4 is 55.1 Å². The molecular weight excluding hydrogens is 357 g/mol. The molecule has 1 atom stereocenters. The first-order valence-corrected chi connectivity index (χ1v) is 7.09. The van der Waals surface area contributed by atoms with Crippen LogP contribution >= 0.6 is 43.5 Å². The summed E-state index contributed by atoms with van der Waals surface area (Å²) >= 11 is 12.8. The second kappa shape index (κ2) is 5.07. The van der Waals surface area contributed by atoms with Crippen molar-refractivity contribution in [2.45, 2.75) is 17.7 Å². The van der Waals surface area contributed by atoms with Gasteiger partial charge in [-0.15, -0.1) is 0 Å². The SMILES string of the molecule is O=C1C(Br)CCCN1c1cccc(Cl)c1Br. The van der Waals surface area contributed by atoms with Crippen molar-refractivity contribution in [3.63, 3.8) is 0 Å². The van der Waals surface area contributed by atoms with Crippen molar-refractivity contribution in [2.24, 2.45) is 0 Å². The molecule has 1 unspecified atom stereocenters. The van der Waals surface area contributed by atoms with Crippen LogP contribution in [0, 0.1) is 0 Å². The standard InChI is InChI=1S/C11H10Br2ClNO/c12-7-3-2-6-15(11(7)16)9-5-1-4-8(14)10(9)13/h1,4-5,7H,2-3,6H2. The highest BCUT2D eigenvalue weighted by molar-refractivity contribution is 9.10. The lowest BCUT2D eigenvalue weighted by Crippen LogP contribution is -2.41. The van der Waals surface area contributed by atoms with Crippen LogP contribution in [-0.2, 0) is 4.79 Å². The average molecular weight is 367 g/mol. The van der Waals surface area contributed by atoms with Gasteiger partial charge < -0.3 is 4.90 Å². The topological polar surface area (TPSA) is 20.3 Å². The van der Waals surface area contributed by atoms with Gasteiger partial charge in [0, 0.05) is 6.54 Å². The number of anilines is 1. The Labute approximate surface area is 116 Å². The van der Waals surface area contributed by atoms with Gasteiger partial charge in [0.2, 0.25) is 5.91 Å². The van der Waals surface area contributed by atoms with Gasteiger partial charge >= 0.3 is 0 Å². The molecule has 0 saturated carbocycles. The Balaban J connectivity index is 2.36. The summed E-state index contributed by atoms with van der Waals surface area (Å²) in [4.78, 5) is 13.7.